The van der Waals surface area contributed by atoms with E-state index in [1.165, 1.54) is 0 Å². The van der Waals surface area contributed by atoms with Crippen molar-refractivity contribution in [2.75, 3.05) is 28.2 Å². The Balaban J connectivity index is 4.26. The summed E-state index contributed by atoms with van der Waals surface area (Å²) in [7, 11) is 7.34. The van der Waals surface area contributed by atoms with Crippen LogP contribution in [0.15, 0.2) is 4.99 Å². The molecule has 10 heavy (non-hydrogen) atoms. The van der Waals surface area contributed by atoms with Gasteiger partial charge in [-0.05, 0) is 0 Å². The van der Waals surface area contributed by atoms with Gasteiger partial charge in [0.05, 0.1) is 0 Å². The van der Waals surface area contributed by atoms with Crippen molar-refractivity contribution in [2.24, 2.45) is 4.99 Å². The van der Waals surface area contributed by atoms with Crippen LogP contribution in [0.3, 0.4) is 0 Å². The molecule has 0 aromatic carbocycles. The third-order valence-electron chi connectivity index (χ3n) is 0.968. The number of rotatable bonds is 1. The van der Waals surface area contributed by atoms with E-state index in [1.54, 1.807) is 9.80 Å². The number of hydrogen-bond donors (Lipinski definition) is 0. The molecule has 0 unspecified atom stereocenters. The smallest absolute Gasteiger partial charge is 0.236 e. The molecule has 0 aliphatic carbocycles. The van der Waals surface area contributed by atoms with Gasteiger partial charge >= 0.3 is 0 Å². The summed E-state index contributed by atoms with van der Waals surface area (Å²) in [6.45, 7) is 0. The monoisotopic (exact) mass is 143 g/mol. The minimum Gasteiger partial charge on any atom is -0.349 e. The fraction of sp³-hybridized carbons (Fsp3) is 0.667. The maximum absolute atomic E-state index is 9.98. The van der Waals surface area contributed by atoms with Crippen LogP contribution in [0.1, 0.15) is 0 Å². The molecule has 0 radical (unpaired) electrons. The summed E-state index contributed by atoms with van der Waals surface area (Å²) in [6, 6.07) is 0. The first kappa shape index (κ1) is 8.94. The van der Waals surface area contributed by atoms with Crippen molar-refractivity contribution >= 4 is 12.4 Å². The van der Waals surface area contributed by atoms with Crippen molar-refractivity contribution < 1.29 is 4.79 Å². The highest BCUT2D eigenvalue weighted by molar-refractivity contribution is 5.85. The molecule has 0 atom stereocenters. The summed E-state index contributed by atoms with van der Waals surface area (Å²) in [5, 5.41) is 0. The van der Waals surface area contributed by atoms with Crippen LogP contribution < -0.4 is 0 Å². The average Bonchev–Trinajstić information content (AvgIpc) is 1.81. The summed E-state index contributed by atoms with van der Waals surface area (Å²) in [5.74, 6) is 0.648. The van der Waals surface area contributed by atoms with Crippen LogP contribution in [0.5, 0.6) is 0 Å². The third-order valence-corrected chi connectivity index (χ3v) is 0.968. The minimum atomic E-state index is 0.537. The lowest BCUT2D eigenvalue weighted by atomic mass is 10.7. The Labute approximate surface area is 61.1 Å². The molecule has 0 bridgehead atoms. The zero-order chi connectivity index (χ0) is 8.15. The molecular weight excluding hydrogens is 130 g/mol. The molecule has 0 aliphatic heterocycles. The number of carbonyl (C=O) groups excluding carboxylic acids is 1. The predicted octanol–water partition coefficient (Wildman–Crippen LogP) is -0.378. The lowest BCUT2D eigenvalue weighted by Gasteiger charge is -2.21. The number of amides is 1. The molecule has 0 aromatic heterocycles. The molecule has 0 aromatic rings. The minimum absolute atomic E-state index is 0.537. The Morgan fingerprint density at radius 3 is 1.70 bits per heavy atom. The fourth-order valence-corrected chi connectivity index (χ4v) is 0.678. The number of aliphatic imine (C=N–C) groups is 1. The highest BCUT2D eigenvalue weighted by atomic mass is 16.1. The molecule has 0 saturated heterocycles. The van der Waals surface area contributed by atoms with E-state index in [0.29, 0.717) is 12.4 Å². The Hall–Kier alpha value is -1.06. The van der Waals surface area contributed by atoms with Gasteiger partial charge in [-0.25, -0.2) is 0 Å². The highest BCUT2D eigenvalue weighted by Gasteiger charge is 2.01. The van der Waals surface area contributed by atoms with E-state index in [1.807, 2.05) is 28.2 Å². The molecule has 0 heterocycles. The molecule has 58 valence electrons. The standard InChI is InChI=1S/C6H13N3O/c1-8(2)6(7-5-10)9(3)4/h5H,1-4H3. The average molecular weight is 143 g/mol. The van der Waals surface area contributed by atoms with E-state index in [2.05, 4.69) is 4.99 Å². The van der Waals surface area contributed by atoms with Crippen LogP contribution in [0.4, 0.5) is 0 Å². The van der Waals surface area contributed by atoms with Crippen molar-refractivity contribution in [1.82, 2.24) is 9.80 Å². The molecule has 4 nitrogen and oxygen atoms in total. The van der Waals surface area contributed by atoms with Gasteiger partial charge in [-0.3, -0.25) is 4.79 Å². The number of carbonyl (C=O) groups is 1. The summed E-state index contributed by atoms with van der Waals surface area (Å²) in [6.07, 6.45) is 0.537. The Morgan fingerprint density at radius 2 is 1.60 bits per heavy atom. The van der Waals surface area contributed by atoms with Gasteiger partial charge < -0.3 is 9.80 Å². The zero-order valence-electron chi connectivity index (χ0n) is 6.83. The van der Waals surface area contributed by atoms with Gasteiger partial charge in [-0.15, -0.1) is 0 Å². The van der Waals surface area contributed by atoms with Gasteiger partial charge in [0.15, 0.2) is 0 Å². The quantitative estimate of drug-likeness (QED) is 0.285. The van der Waals surface area contributed by atoms with E-state index < -0.39 is 0 Å². The van der Waals surface area contributed by atoms with Crippen molar-refractivity contribution in [2.45, 2.75) is 0 Å². The van der Waals surface area contributed by atoms with E-state index >= 15 is 0 Å². The highest BCUT2D eigenvalue weighted by Crippen LogP contribution is 1.85. The maximum Gasteiger partial charge on any atom is 0.236 e. The van der Waals surface area contributed by atoms with E-state index in [-0.39, 0.29) is 0 Å². The molecular formula is C6H13N3O. The topological polar surface area (TPSA) is 35.9 Å². The van der Waals surface area contributed by atoms with Crippen LogP contribution in [-0.4, -0.2) is 50.4 Å². The van der Waals surface area contributed by atoms with Gasteiger partial charge in [0.1, 0.15) is 0 Å². The van der Waals surface area contributed by atoms with Crippen molar-refractivity contribution in [3.8, 4) is 0 Å². The van der Waals surface area contributed by atoms with Crippen molar-refractivity contribution in [1.29, 1.82) is 0 Å². The van der Waals surface area contributed by atoms with Gasteiger partial charge in [0.25, 0.3) is 0 Å². The van der Waals surface area contributed by atoms with Crippen molar-refractivity contribution in [3.63, 3.8) is 0 Å². The molecule has 0 spiro atoms. The van der Waals surface area contributed by atoms with Crippen LogP contribution in [0.2, 0.25) is 0 Å². The second-order valence-corrected chi connectivity index (χ2v) is 2.32. The molecule has 0 N–H and O–H groups in total. The van der Waals surface area contributed by atoms with Gasteiger partial charge in [0, 0.05) is 28.2 Å². The largest absolute Gasteiger partial charge is 0.349 e. The SMILES string of the molecule is CN(C)C(=NC=O)N(C)C. The number of nitrogens with zero attached hydrogens (tertiary/aromatic N) is 3. The van der Waals surface area contributed by atoms with Gasteiger partial charge in [-0.2, -0.15) is 4.99 Å². The molecule has 0 rings (SSSR count). The number of hydrogen-bond acceptors (Lipinski definition) is 1. The van der Waals surface area contributed by atoms with E-state index in [0.717, 1.165) is 0 Å². The Morgan fingerprint density at radius 1 is 1.20 bits per heavy atom. The Kier molecular flexibility index (Phi) is 3.46. The Bertz CT molecular complexity index is 130. The summed E-state index contributed by atoms with van der Waals surface area (Å²) >= 11 is 0. The summed E-state index contributed by atoms with van der Waals surface area (Å²) in [4.78, 5) is 17.1. The zero-order valence-corrected chi connectivity index (χ0v) is 6.83. The van der Waals surface area contributed by atoms with Gasteiger partial charge in [0.2, 0.25) is 12.4 Å². The van der Waals surface area contributed by atoms with Gasteiger partial charge in [-0.1, -0.05) is 0 Å². The lowest BCUT2D eigenvalue weighted by molar-refractivity contribution is -0.106. The van der Waals surface area contributed by atoms with Crippen molar-refractivity contribution in [3.05, 3.63) is 0 Å². The third kappa shape index (κ3) is 2.48. The molecule has 1 amide bonds. The predicted molar refractivity (Wildman–Crippen MR) is 40.9 cm³/mol. The van der Waals surface area contributed by atoms with Crippen LogP contribution >= 0.6 is 0 Å². The first-order valence-electron chi connectivity index (χ1n) is 2.95. The second kappa shape index (κ2) is 3.87. The lowest BCUT2D eigenvalue weighted by Crippen LogP contribution is -2.35. The molecule has 0 aliphatic rings. The second-order valence-electron chi connectivity index (χ2n) is 2.32. The first-order valence-corrected chi connectivity index (χ1v) is 2.95. The van der Waals surface area contributed by atoms with E-state index in [9.17, 15) is 4.79 Å². The fourth-order valence-electron chi connectivity index (χ4n) is 0.678. The summed E-state index contributed by atoms with van der Waals surface area (Å²) < 4.78 is 0. The summed E-state index contributed by atoms with van der Waals surface area (Å²) in [5.41, 5.74) is 0. The van der Waals surface area contributed by atoms with Crippen LogP contribution in [0, 0.1) is 0 Å². The number of guanidine groups is 1. The van der Waals surface area contributed by atoms with E-state index in [4.69, 9.17) is 0 Å². The molecule has 0 saturated carbocycles. The maximum atomic E-state index is 9.98. The molecule has 0 fully saturated rings. The normalized spacial score (nSPS) is 8.40. The van der Waals surface area contributed by atoms with Crippen LogP contribution in [-0.2, 0) is 4.79 Å². The first-order chi connectivity index (χ1) is 4.59. The molecule has 4 heteroatoms. The van der Waals surface area contributed by atoms with Crippen LogP contribution in [0.25, 0.3) is 0 Å².